The number of halogens is 1. The van der Waals surface area contributed by atoms with Crippen LogP contribution in [0.4, 0.5) is 11.4 Å². The summed E-state index contributed by atoms with van der Waals surface area (Å²) in [6, 6.07) is 10.1. The van der Waals surface area contributed by atoms with E-state index in [-0.39, 0.29) is 22.4 Å². The fourth-order valence-corrected chi connectivity index (χ4v) is 5.06. The van der Waals surface area contributed by atoms with Gasteiger partial charge in [0.25, 0.3) is 0 Å². The smallest absolute Gasteiger partial charge is 0.245 e. The molecule has 9 nitrogen and oxygen atoms in total. The van der Waals surface area contributed by atoms with Crippen molar-refractivity contribution in [3.63, 3.8) is 0 Å². The van der Waals surface area contributed by atoms with E-state index in [0.29, 0.717) is 5.69 Å². The molecule has 0 aromatic heterocycles. The van der Waals surface area contributed by atoms with E-state index in [2.05, 4.69) is 26.0 Å². The average Bonchev–Trinajstić information content (AvgIpc) is 2.65. The minimum absolute atomic E-state index is 0.0646. The van der Waals surface area contributed by atoms with E-state index in [0.717, 1.165) is 15.0 Å². The van der Waals surface area contributed by atoms with Gasteiger partial charge in [-0.2, -0.15) is 0 Å². The number of ether oxygens (including phenoxy) is 1. The van der Waals surface area contributed by atoms with E-state index in [1.54, 1.807) is 38.1 Å². The Morgan fingerprint density at radius 3 is 2.23 bits per heavy atom. The number of sulfonamides is 2. The fraction of sp³-hybridized carbons (Fsp3) is 0.316. The van der Waals surface area contributed by atoms with E-state index < -0.39 is 32.5 Å². The summed E-state index contributed by atoms with van der Waals surface area (Å²) >= 11 is 3.28. The van der Waals surface area contributed by atoms with Crippen LogP contribution in [0.5, 0.6) is 5.75 Å². The van der Waals surface area contributed by atoms with E-state index in [9.17, 15) is 21.6 Å². The van der Waals surface area contributed by atoms with Crippen LogP contribution in [0.1, 0.15) is 13.8 Å². The van der Waals surface area contributed by atoms with Crippen molar-refractivity contribution in [3.8, 4) is 5.75 Å². The van der Waals surface area contributed by atoms with Crippen LogP contribution in [0.25, 0.3) is 0 Å². The zero-order valence-corrected chi connectivity index (χ0v) is 20.6. The lowest BCUT2D eigenvalue weighted by molar-refractivity contribution is -0.114. The molecule has 31 heavy (non-hydrogen) atoms. The molecule has 0 unspecified atom stereocenters. The number of hydrogen-bond acceptors (Lipinski definition) is 6. The van der Waals surface area contributed by atoms with Gasteiger partial charge in [-0.25, -0.2) is 21.6 Å². The summed E-state index contributed by atoms with van der Waals surface area (Å²) in [6.07, 6.45) is 0.994. The summed E-state index contributed by atoms with van der Waals surface area (Å²) in [5.74, 6) is -0.440. The molecule has 2 N–H and O–H groups in total. The number of anilines is 2. The number of rotatable bonds is 9. The van der Waals surface area contributed by atoms with E-state index >= 15 is 0 Å². The lowest BCUT2D eigenvalue weighted by atomic mass is 10.3. The topological polar surface area (TPSA) is 122 Å². The predicted molar refractivity (Wildman–Crippen MR) is 123 cm³/mol. The van der Waals surface area contributed by atoms with Crippen molar-refractivity contribution in [1.82, 2.24) is 4.72 Å². The number of hydrogen-bond donors (Lipinski definition) is 2. The number of amides is 1. The Hall–Kier alpha value is -2.15. The number of nitrogens with zero attached hydrogens (tertiary/aromatic N) is 1. The minimum Gasteiger partial charge on any atom is -0.495 e. The lowest BCUT2D eigenvalue weighted by Gasteiger charge is -2.22. The van der Waals surface area contributed by atoms with Crippen LogP contribution < -0.4 is 19.1 Å². The highest BCUT2D eigenvalue weighted by atomic mass is 79.9. The third kappa shape index (κ3) is 6.92. The molecular formula is C19H24BrN3O6S2. The molecule has 12 heteroatoms. The van der Waals surface area contributed by atoms with Crippen molar-refractivity contribution in [2.75, 3.05) is 29.5 Å². The molecule has 2 aromatic rings. The molecule has 170 valence electrons. The van der Waals surface area contributed by atoms with Crippen molar-refractivity contribution >= 4 is 53.3 Å². The van der Waals surface area contributed by atoms with Crippen molar-refractivity contribution in [2.45, 2.75) is 24.8 Å². The average molecular weight is 534 g/mol. The highest BCUT2D eigenvalue weighted by Crippen LogP contribution is 2.28. The van der Waals surface area contributed by atoms with Crippen LogP contribution in [0.3, 0.4) is 0 Å². The van der Waals surface area contributed by atoms with Crippen LogP contribution in [0, 0.1) is 0 Å². The van der Waals surface area contributed by atoms with Crippen molar-refractivity contribution in [1.29, 1.82) is 0 Å². The first-order valence-corrected chi connectivity index (χ1v) is 13.2. The van der Waals surface area contributed by atoms with Gasteiger partial charge in [-0.3, -0.25) is 9.10 Å². The van der Waals surface area contributed by atoms with Gasteiger partial charge in [0.2, 0.25) is 26.0 Å². The Balaban J connectivity index is 2.32. The second-order valence-electron chi connectivity index (χ2n) is 6.93. The molecule has 2 aromatic carbocycles. The third-order valence-corrected chi connectivity index (χ3v) is 7.27. The molecule has 0 bridgehead atoms. The first-order valence-electron chi connectivity index (χ1n) is 9.07. The number of carbonyl (C=O) groups excluding carboxylic acids is 1. The minimum atomic E-state index is -3.80. The molecule has 0 aliphatic heterocycles. The Morgan fingerprint density at radius 2 is 1.71 bits per heavy atom. The van der Waals surface area contributed by atoms with Gasteiger partial charge in [0.1, 0.15) is 12.3 Å². The van der Waals surface area contributed by atoms with Crippen LogP contribution in [0.2, 0.25) is 0 Å². The quantitative estimate of drug-likeness (QED) is 0.510. The van der Waals surface area contributed by atoms with E-state index in [4.69, 9.17) is 4.74 Å². The maximum Gasteiger partial charge on any atom is 0.245 e. The highest BCUT2D eigenvalue weighted by molar-refractivity contribution is 9.10. The number of benzene rings is 2. The van der Waals surface area contributed by atoms with Crippen LogP contribution in [-0.2, 0) is 24.8 Å². The molecule has 0 atom stereocenters. The molecule has 0 saturated heterocycles. The molecule has 1 amide bonds. The zero-order chi connectivity index (χ0) is 23.4. The Morgan fingerprint density at radius 1 is 1.10 bits per heavy atom. The van der Waals surface area contributed by atoms with Gasteiger partial charge < -0.3 is 10.1 Å². The molecule has 0 aliphatic rings. The Kier molecular flexibility index (Phi) is 8.09. The van der Waals surface area contributed by atoms with Crippen molar-refractivity contribution in [2.24, 2.45) is 0 Å². The summed E-state index contributed by atoms with van der Waals surface area (Å²) in [4.78, 5) is 12.6. The monoisotopic (exact) mass is 533 g/mol. The first-order chi connectivity index (χ1) is 14.3. The predicted octanol–water partition coefficient (Wildman–Crippen LogP) is 2.55. The van der Waals surface area contributed by atoms with E-state index in [1.807, 2.05) is 0 Å². The largest absolute Gasteiger partial charge is 0.495 e. The maximum atomic E-state index is 12.7. The summed E-state index contributed by atoms with van der Waals surface area (Å²) in [5, 5.41) is 2.54. The fourth-order valence-electron chi connectivity index (χ4n) is 2.66. The molecule has 2 rings (SSSR count). The molecule has 0 saturated carbocycles. The standard InChI is InChI=1S/C19H24BrN3O6S2/c1-13(2)22-31(27,28)16-9-10-18(29-3)17(11-16)21-19(24)12-23(30(4,25)26)15-7-5-14(20)6-8-15/h5-11,13,22H,12H2,1-4H3,(H,21,24). The summed E-state index contributed by atoms with van der Waals surface area (Å²) in [6.45, 7) is 2.86. The van der Waals surface area contributed by atoms with Gasteiger partial charge in [0.15, 0.2) is 0 Å². The molecular weight excluding hydrogens is 510 g/mol. The second-order valence-corrected chi connectivity index (χ2v) is 11.5. The third-order valence-electron chi connectivity index (χ3n) is 3.95. The van der Waals surface area contributed by atoms with Gasteiger partial charge in [0.05, 0.1) is 29.6 Å². The van der Waals surface area contributed by atoms with Gasteiger partial charge in [0, 0.05) is 10.5 Å². The van der Waals surface area contributed by atoms with Gasteiger partial charge in [-0.05, 0) is 56.3 Å². The molecule has 0 spiro atoms. The maximum absolute atomic E-state index is 12.7. The zero-order valence-electron chi connectivity index (χ0n) is 17.4. The molecule has 0 radical (unpaired) electrons. The van der Waals surface area contributed by atoms with E-state index in [1.165, 1.54) is 25.3 Å². The molecule has 0 aliphatic carbocycles. The van der Waals surface area contributed by atoms with Crippen LogP contribution >= 0.6 is 15.9 Å². The first kappa shape index (κ1) is 25.1. The summed E-state index contributed by atoms with van der Waals surface area (Å²) in [5.41, 5.74) is 0.411. The normalized spacial score (nSPS) is 11.9. The Labute approximate surface area is 191 Å². The van der Waals surface area contributed by atoms with Gasteiger partial charge in [-0.15, -0.1) is 0 Å². The second kappa shape index (κ2) is 9.98. The molecule has 0 heterocycles. The van der Waals surface area contributed by atoms with Crippen molar-refractivity contribution < 1.29 is 26.4 Å². The highest BCUT2D eigenvalue weighted by Gasteiger charge is 2.23. The van der Waals surface area contributed by atoms with Crippen LogP contribution in [-0.4, -0.2) is 48.7 Å². The SMILES string of the molecule is COc1ccc(S(=O)(=O)NC(C)C)cc1NC(=O)CN(c1ccc(Br)cc1)S(C)(=O)=O. The van der Waals surface area contributed by atoms with Crippen molar-refractivity contribution in [3.05, 3.63) is 46.9 Å². The number of carbonyl (C=O) groups is 1. The van der Waals surface area contributed by atoms with Crippen LogP contribution in [0.15, 0.2) is 51.8 Å². The Bertz CT molecular complexity index is 1150. The van der Waals surface area contributed by atoms with Gasteiger partial charge in [-0.1, -0.05) is 15.9 Å². The number of methoxy groups -OCH3 is 1. The molecule has 0 fully saturated rings. The van der Waals surface area contributed by atoms with Gasteiger partial charge >= 0.3 is 0 Å². The lowest BCUT2D eigenvalue weighted by Crippen LogP contribution is -2.37. The summed E-state index contributed by atoms with van der Waals surface area (Å²) in [7, 11) is -6.19. The summed E-state index contributed by atoms with van der Waals surface area (Å²) < 4.78 is 58.7. The number of nitrogens with one attached hydrogen (secondary N) is 2.